The van der Waals surface area contributed by atoms with Gasteiger partial charge in [0.1, 0.15) is 5.69 Å². The van der Waals surface area contributed by atoms with E-state index < -0.39 is 0 Å². The minimum Gasteiger partial charge on any atom is -0.484 e. The second kappa shape index (κ2) is 6.02. The zero-order chi connectivity index (χ0) is 11.1. The van der Waals surface area contributed by atoms with Gasteiger partial charge in [0.25, 0.3) is 0 Å². The average Bonchev–Trinajstić information content (AvgIpc) is 2.27. The Hall–Kier alpha value is -1.57. The summed E-state index contributed by atoms with van der Waals surface area (Å²) in [5.74, 6) is 0.579. The van der Waals surface area contributed by atoms with Crippen LogP contribution in [-0.4, -0.2) is 18.7 Å². The SMILES string of the molecule is C=C=C(OCC)c1cccc(COC)n1. The predicted octanol–water partition coefficient (Wildman–Crippen LogP) is 2.39. The van der Waals surface area contributed by atoms with Crippen molar-refractivity contribution in [2.24, 2.45) is 0 Å². The molecule has 0 atom stereocenters. The summed E-state index contributed by atoms with van der Waals surface area (Å²) < 4.78 is 10.4. The van der Waals surface area contributed by atoms with E-state index in [0.717, 1.165) is 11.4 Å². The van der Waals surface area contributed by atoms with E-state index >= 15 is 0 Å². The zero-order valence-electron chi connectivity index (χ0n) is 9.12. The van der Waals surface area contributed by atoms with Crippen LogP contribution in [0.4, 0.5) is 0 Å². The fourth-order valence-corrected chi connectivity index (χ4v) is 1.19. The maximum atomic E-state index is 5.35. The van der Waals surface area contributed by atoms with E-state index in [2.05, 4.69) is 17.3 Å². The number of hydrogen-bond donors (Lipinski definition) is 0. The Morgan fingerprint density at radius 3 is 2.93 bits per heavy atom. The van der Waals surface area contributed by atoms with Gasteiger partial charge in [-0.3, -0.25) is 0 Å². The maximum absolute atomic E-state index is 5.35. The van der Waals surface area contributed by atoms with E-state index in [1.165, 1.54) is 0 Å². The van der Waals surface area contributed by atoms with Gasteiger partial charge in [0.15, 0.2) is 5.76 Å². The van der Waals surface area contributed by atoms with E-state index in [1.807, 2.05) is 25.1 Å². The van der Waals surface area contributed by atoms with Crippen molar-refractivity contribution in [3.05, 3.63) is 41.9 Å². The second-order valence-electron chi connectivity index (χ2n) is 2.89. The molecule has 3 nitrogen and oxygen atoms in total. The molecule has 0 aliphatic carbocycles. The minimum absolute atomic E-state index is 0.490. The van der Waals surface area contributed by atoms with Gasteiger partial charge >= 0.3 is 0 Å². The van der Waals surface area contributed by atoms with Crippen LogP contribution in [0.2, 0.25) is 0 Å². The molecule has 0 saturated heterocycles. The van der Waals surface area contributed by atoms with Gasteiger partial charge < -0.3 is 9.47 Å². The number of hydrogen-bond acceptors (Lipinski definition) is 3. The van der Waals surface area contributed by atoms with Crippen LogP contribution in [0.5, 0.6) is 0 Å². The summed E-state index contributed by atoms with van der Waals surface area (Å²) in [6.45, 7) is 6.55. The highest BCUT2D eigenvalue weighted by molar-refractivity contribution is 5.55. The van der Waals surface area contributed by atoms with Crippen molar-refractivity contribution in [1.29, 1.82) is 0 Å². The van der Waals surface area contributed by atoms with E-state index in [0.29, 0.717) is 19.0 Å². The van der Waals surface area contributed by atoms with Gasteiger partial charge in [-0.2, -0.15) is 0 Å². The summed E-state index contributed by atoms with van der Waals surface area (Å²) in [6.07, 6.45) is 0. The first-order chi connectivity index (χ1) is 7.31. The molecule has 0 N–H and O–H groups in total. The molecule has 0 saturated carbocycles. The Balaban J connectivity index is 2.93. The summed E-state index contributed by atoms with van der Waals surface area (Å²) in [5, 5.41) is 0. The number of ether oxygens (including phenoxy) is 2. The quantitative estimate of drug-likeness (QED) is 0.546. The molecule has 0 spiro atoms. The van der Waals surface area contributed by atoms with Gasteiger partial charge in [-0.25, -0.2) is 4.98 Å². The molecule has 0 aliphatic heterocycles. The molecular weight excluding hydrogens is 190 g/mol. The number of methoxy groups -OCH3 is 1. The Bertz CT molecular complexity index is 368. The first kappa shape index (κ1) is 11.5. The molecule has 3 heteroatoms. The molecule has 0 unspecified atom stereocenters. The highest BCUT2D eigenvalue weighted by atomic mass is 16.5. The third-order valence-electron chi connectivity index (χ3n) is 1.78. The van der Waals surface area contributed by atoms with Crippen molar-refractivity contribution < 1.29 is 9.47 Å². The van der Waals surface area contributed by atoms with Gasteiger partial charge in [-0.05, 0) is 19.1 Å². The Labute approximate surface area is 90.1 Å². The lowest BCUT2D eigenvalue weighted by Gasteiger charge is -2.06. The molecule has 0 fully saturated rings. The number of rotatable bonds is 5. The topological polar surface area (TPSA) is 31.4 Å². The first-order valence-corrected chi connectivity index (χ1v) is 4.80. The van der Waals surface area contributed by atoms with Crippen molar-refractivity contribution in [3.63, 3.8) is 0 Å². The summed E-state index contributed by atoms with van der Waals surface area (Å²) in [6, 6.07) is 5.68. The predicted molar refractivity (Wildman–Crippen MR) is 59.1 cm³/mol. The fourth-order valence-electron chi connectivity index (χ4n) is 1.19. The van der Waals surface area contributed by atoms with Crippen LogP contribution in [0.3, 0.4) is 0 Å². The molecule has 1 heterocycles. The maximum Gasteiger partial charge on any atom is 0.187 e. The van der Waals surface area contributed by atoms with Gasteiger partial charge in [-0.15, -0.1) is 0 Å². The molecule has 1 aromatic heterocycles. The van der Waals surface area contributed by atoms with Gasteiger partial charge in [0.05, 0.1) is 18.9 Å². The summed E-state index contributed by atoms with van der Waals surface area (Å²) in [5.41, 5.74) is 4.33. The molecule has 1 rings (SSSR count). The van der Waals surface area contributed by atoms with Gasteiger partial charge in [0.2, 0.25) is 0 Å². The van der Waals surface area contributed by atoms with Crippen molar-refractivity contribution >= 4 is 5.76 Å². The molecule has 0 radical (unpaired) electrons. The lowest BCUT2D eigenvalue weighted by Crippen LogP contribution is -1.98. The van der Waals surface area contributed by atoms with Crippen LogP contribution >= 0.6 is 0 Å². The molecule has 1 aromatic rings. The third-order valence-corrected chi connectivity index (χ3v) is 1.78. The van der Waals surface area contributed by atoms with Crippen molar-refractivity contribution in [1.82, 2.24) is 4.98 Å². The van der Waals surface area contributed by atoms with Crippen LogP contribution in [-0.2, 0) is 16.1 Å². The van der Waals surface area contributed by atoms with Crippen LogP contribution in [0.1, 0.15) is 18.3 Å². The largest absolute Gasteiger partial charge is 0.484 e. The Morgan fingerprint density at radius 1 is 1.53 bits per heavy atom. The molecule has 0 bridgehead atoms. The lowest BCUT2D eigenvalue weighted by atomic mass is 10.3. The first-order valence-electron chi connectivity index (χ1n) is 4.80. The van der Waals surface area contributed by atoms with Crippen molar-refractivity contribution in [2.45, 2.75) is 13.5 Å². The van der Waals surface area contributed by atoms with Gasteiger partial charge in [0, 0.05) is 7.11 Å². The van der Waals surface area contributed by atoms with Crippen molar-refractivity contribution in [3.8, 4) is 0 Å². The van der Waals surface area contributed by atoms with Crippen LogP contribution in [0.25, 0.3) is 5.76 Å². The highest BCUT2D eigenvalue weighted by Crippen LogP contribution is 2.12. The minimum atomic E-state index is 0.490. The highest BCUT2D eigenvalue weighted by Gasteiger charge is 2.03. The molecule has 15 heavy (non-hydrogen) atoms. The average molecular weight is 205 g/mol. The molecule has 80 valence electrons. The summed E-state index contributed by atoms with van der Waals surface area (Å²) in [4.78, 5) is 4.36. The van der Waals surface area contributed by atoms with E-state index in [1.54, 1.807) is 7.11 Å². The van der Waals surface area contributed by atoms with E-state index in [4.69, 9.17) is 9.47 Å². The normalized spacial score (nSPS) is 9.47. The van der Waals surface area contributed by atoms with Gasteiger partial charge in [-0.1, -0.05) is 18.4 Å². The summed E-state index contributed by atoms with van der Waals surface area (Å²) in [7, 11) is 1.64. The Morgan fingerprint density at radius 2 is 2.33 bits per heavy atom. The van der Waals surface area contributed by atoms with Crippen LogP contribution in [0.15, 0.2) is 30.5 Å². The Kier molecular flexibility index (Phi) is 4.61. The number of nitrogens with zero attached hydrogens (tertiary/aromatic N) is 1. The molecule has 0 amide bonds. The second-order valence-corrected chi connectivity index (χ2v) is 2.89. The zero-order valence-corrected chi connectivity index (χ0v) is 9.12. The van der Waals surface area contributed by atoms with Crippen molar-refractivity contribution in [2.75, 3.05) is 13.7 Å². The standard InChI is InChI=1S/C12H15NO2/c1-4-12(15-5-2)11-8-6-7-10(13-11)9-14-3/h6-8H,1,5,9H2,2-3H3. The molecular formula is C12H15NO2. The van der Waals surface area contributed by atoms with E-state index in [-0.39, 0.29) is 0 Å². The lowest BCUT2D eigenvalue weighted by molar-refractivity contribution is 0.181. The fraction of sp³-hybridized carbons (Fsp3) is 0.333. The number of aromatic nitrogens is 1. The summed E-state index contributed by atoms with van der Waals surface area (Å²) >= 11 is 0. The van der Waals surface area contributed by atoms with Crippen LogP contribution in [0, 0.1) is 0 Å². The monoisotopic (exact) mass is 205 g/mol. The number of pyridine rings is 1. The smallest absolute Gasteiger partial charge is 0.187 e. The molecule has 0 aliphatic rings. The molecule has 0 aromatic carbocycles. The van der Waals surface area contributed by atoms with E-state index in [9.17, 15) is 0 Å². The van der Waals surface area contributed by atoms with Crippen LogP contribution < -0.4 is 0 Å². The third kappa shape index (κ3) is 3.24.